The van der Waals surface area contributed by atoms with Crippen LogP contribution in [-0.2, 0) is 18.4 Å². The van der Waals surface area contributed by atoms with Gasteiger partial charge in [0, 0.05) is 28.9 Å². The highest BCUT2D eigenvalue weighted by atomic mass is 16.1. The van der Waals surface area contributed by atoms with Crippen LogP contribution in [0.4, 0.5) is 5.69 Å². The third-order valence-electron chi connectivity index (χ3n) is 7.06. The molecule has 2 aromatic carbocycles. The Morgan fingerprint density at radius 3 is 2.38 bits per heavy atom. The fraction of sp³-hybridized carbons (Fsp3) is 0.276. The molecule has 0 amide bonds. The number of aryl methyl sites for hydroxylation is 1. The second-order valence-corrected chi connectivity index (χ2v) is 9.12. The van der Waals surface area contributed by atoms with Crippen LogP contribution in [0, 0.1) is 5.92 Å². The molecular weight excluding hydrogens is 392 g/mol. The highest BCUT2D eigenvalue weighted by Crippen LogP contribution is 2.51. The molecule has 0 saturated heterocycles. The zero-order valence-electron chi connectivity index (χ0n) is 19.0. The Hall–Kier alpha value is -3.33. The lowest BCUT2D eigenvalue weighted by molar-refractivity contribution is 0.440. The van der Waals surface area contributed by atoms with Gasteiger partial charge in [0.2, 0.25) is 5.56 Å². The average Bonchev–Trinajstić information content (AvgIpc) is 2.79. The van der Waals surface area contributed by atoms with Crippen LogP contribution < -0.4 is 10.9 Å². The van der Waals surface area contributed by atoms with E-state index in [0.717, 1.165) is 30.6 Å². The number of rotatable bonds is 4. The number of H-pyrrole nitrogens is 1. The Morgan fingerprint density at radius 2 is 1.72 bits per heavy atom. The molecule has 3 heteroatoms. The fourth-order valence-corrected chi connectivity index (χ4v) is 5.62. The third kappa shape index (κ3) is 3.42. The molecule has 1 aromatic heterocycles. The van der Waals surface area contributed by atoms with Crippen molar-refractivity contribution in [3.8, 4) is 11.1 Å². The lowest BCUT2D eigenvalue weighted by Crippen LogP contribution is -2.47. The summed E-state index contributed by atoms with van der Waals surface area (Å²) in [5, 5.41) is 3.90. The molecule has 3 aromatic rings. The van der Waals surface area contributed by atoms with Crippen molar-refractivity contribution in [3.63, 3.8) is 0 Å². The lowest BCUT2D eigenvalue weighted by atomic mass is 9.63. The van der Waals surface area contributed by atoms with E-state index in [1.807, 2.05) is 6.07 Å². The number of aromatic amines is 1. The molecule has 162 valence electrons. The molecule has 2 aliphatic carbocycles. The van der Waals surface area contributed by atoms with E-state index in [4.69, 9.17) is 0 Å². The molecular formula is C29H30N2O. The van der Waals surface area contributed by atoms with Crippen molar-refractivity contribution in [2.45, 2.75) is 45.6 Å². The highest BCUT2D eigenvalue weighted by molar-refractivity contribution is 5.67. The summed E-state index contributed by atoms with van der Waals surface area (Å²) in [5.41, 5.74) is 9.55. The van der Waals surface area contributed by atoms with Gasteiger partial charge in [-0.25, -0.2) is 0 Å². The summed E-state index contributed by atoms with van der Waals surface area (Å²) in [6.07, 6.45) is 7.42. The summed E-state index contributed by atoms with van der Waals surface area (Å²) in [4.78, 5) is 15.2. The number of anilines is 1. The molecule has 0 aliphatic heterocycles. The SMILES string of the molecule is C/C=C1\[C@H]2C=C(C)C[C@]1(Nc1ccc(-c3ccc(CC)cc3)cc1)c1ccc(=O)[nH]c1C2. The van der Waals surface area contributed by atoms with E-state index >= 15 is 0 Å². The summed E-state index contributed by atoms with van der Waals surface area (Å²) in [7, 11) is 0. The maximum absolute atomic E-state index is 12.0. The minimum atomic E-state index is -0.333. The minimum absolute atomic E-state index is 0.0277. The van der Waals surface area contributed by atoms with Crippen molar-refractivity contribution in [1.29, 1.82) is 0 Å². The van der Waals surface area contributed by atoms with Crippen LogP contribution in [0.3, 0.4) is 0 Å². The number of allylic oxidation sites excluding steroid dienone is 2. The summed E-state index contributed by atoms with van der Waals surface area (Å²) in [5.74, 6) is 0.308. The first kappa shape index (κ1) is 20.6. The Labute approximate surface area is 189 Å². The lowest BCUT2D eigenvalue weighted by Gasteiger charge is -2.48. The first-order chi connectivity index (χ1) is 15.5. The van der Waals surface area contributed by atoms with Crippen LogP contribution in [0.2, 0.25) is 0 Å². The molecule has 0 saturated carbocycles. The monoisotopic (exact) mass is 422 g/mol. The zero-order valence-corrected chi connectivity index (χ0v) is 19.0. The van der Waals surface area contributed by atoms with Crippen molar-refractivity contribution in [2.24, 2.45) is 5.92 Å². The molecule has 2 aliphatic rings. The number of hydrogen-bond acceptors (Lipinski definition) is 2. The van der Waals surface area contributed by atoms with Crippen LogP contribution in [0.15, 0.2) is 88.8 Å². The van der Waals surface area contributed by atoms with Crippen molar-refractivity contribution in [2.75, 3.05) is 5.32 Å². The van der Waals surface area contributed by atoms with E-state index < -0.39 is 0 Å². The van der Waals surface area contributed by atoms with Gasteiger partial charge in [0.1, 0.15) is 0 Å². The summed E-state index contributed by atoms with van der Waals surface area (Å²) in [6.45, 7) is 6.53. The number of fused-ring (bicyclic) bond motifs is 4. The summed E-state index contributed by atoms with van der Waals surface area (Å²) < 4.78 is 0. The molecule has 32 heavy (non-hydrogen) atoms. The smallest absolute Gasteiger partial charge is 0.248 e. The van der Waals surface area contributed by atoms with Crippen molar-refractivity contribution in [1.82, 2.24) is 4.98 Å². The van der Waals surface area contributed by atoms with Crippen molar-refractivity contribution in [3.05, 3.63) is 111 Å². The first-order valence-corrected chi connectivity index (χ1v) is 11.6. The van der Waals surface area contributed by atoms with Crippen LogP contribution in [0.25, 0.3) is 11.1 Å². The number of aromatic nitrogens is 1. The van der Waals surface area contributed by atoms with Gasteiger partial charge in [-0.15, -0.1) is 0 Å². The molecule has 0 unspecified atom stereocenters. The second-order valence-electron chi connectivity index (χ2n) is 9.12. The zero-order chi connectivity index (χ0) is 22.3. The third-order valence-corrected chi connectivity index (χ3v) is 7.06. The van der Waals surface area contributed by atoms with Gasteiger partial charge in [0.15, 0.2) is 0 Å². The van der Waals surface area contributed by atoms with Crippen molar-refractivity contribution < 1.29 is 0 Å². The molecule has 3 nitrogen and oxygen atoms in total. The maximum Gasteiger partial charge on any atom is 0.248 e. The number of hydrogen-bond donors (Lipinski definition) is 2. The largest absolute Gasteiger partial charge is 0.371 e. The van der Waals surface area contributed by atoms with E-state index in [1.165, 1.54) is 33.4 Å². The molecule has 2 N–H and O–H groups in total. The molecule has 1 heterocycles. The van der Waals surface area contributed by atoms with Gasteiger partial charge in [-0.05, 0) is 73.6 Å². The van der Waals surface area contributed by atoms with Gasteiger partial charge in [-0.3, -0.25) is 4.79 Å². The van der Waals surface area contributed by atoms with Gasteiger partial charge in [-0.1, -0.05) is 61.0 Å². The summed E-state index contributed by atoms with van der Waals surface area (Å²) >= 11 is 0. The normalized spacial score (nSPS) is 22.9. The molecule has 0 spiro atoms. The van der Waals surface area contributed by atoms with Crippen LogP contribution >= 0.6 is 0 Å². The molecule has 2 atom stereocenters. The van der Waals surface area contributed by atoms with E-state index in [-0.39, 0.29) is 11.1 Å². The van der Waals surface area contributed by atoms with Gasteiger partial charge >= 0.3 is 0 Å². The Morgan fingerprint density at radius 1 is 1.03 bits per heavy atom. The van der Waals surface area contributed by atoms with E-state index in [1.54, 1.807) is 6.07 Å². The Kier molecular flexibility index (Phi) is 5.13. The van der Waals surface area contributed by atoms with Gasteiger partial charge < -0.3 is 10.3 Å². The topological polar surface area (TPSA) is 44.9 Å². The standard InChI is InChI=1S/C29H30N2O/c1-4-20-6-8-21(9-7-20)22-10-12-24(13-11-22)31-29-18-19(3)16-23(25(29)5-2)17-27-26(29)14-15-28(32)30-27/h5-16,23,31H,4,17-18H2,1-3H3,(H,30,32)/b25-5+/t23-,29+/m0/s1. The molecule has 2 bridgehead atoms. The Bertz CT molecular complexity index is 1260. The average molecular weight is 423 g/mol. The van der Waals surface area contributed by atoms with Crippen LogP contribution in [-0.4, -0.2) is 4.98 Å². The maximum atomic E-state index is 12.0. The van der Waals surface area contributed by atoms with Gasteiger partial charge in [-0.2, -0.15) is 0 Å². The van der Waals surface area contributed by atoms with Gasteiger partial charge in [0.25, 0.3) is 0 Å². The van der Waals surface area contributed by atoms with E-state index in [9.17, 15) is 4.79 Å². The van der Waals surface area contributed by atoms with Gasteiger partial charge in [0.05, 0.1) is 5.54 Å². The number of benzene rings is 2. The number of nitrogens with one attached hydrogen (secondary N) is 2. The van der Waals surface area contributed by atoms with E-state index in [2.05, 4.69) is 91.8 Å². The predicted octanol–water partition coefficient (Wildman–Crippen LogP) is 6.38. The first-order valence-electron chi connectivity index (χ1n) is 11.6. The number of pyridine rings is 1. The van der Waals surface area contributed by atoms with Crippen molar-refractivity contribution >= 4 is 5.69 Å². The minimum Gasteiger partial charge on any atom is -0.371 e. The quantitative estimate of drug-likeness (QED) is 0.479. The summed E-state index contributed by atoms with van der Waals surface area (Å²) in [6, 6.07) is 21.2. The second kappa shape index (κ2) is 7.98. The molecule has 0 fully saturated rings. The molecule has 5 rings (SSSR count). The fourth-order valence-electron chi connectivity index (χ4n) is 5.62. The van der Waals surface area contributed by atoms with Crippen LogP contribution in [0.5, 0.6) is 0 Å². The van der Waals surface area contributed by atoms with Crippen LogP contribution in [0.1, 0.15) is 44.0 Å². The Balaban J connectivity index is 1.54. The van der Waals surface area contributed by atoms with E-state index in [0.29, 0.717) is 5.92 Å². The predicted molar refractivity (Wildman–Crippen MR) is 133 cm³/mol. The highest BCUT2D eigenvalue weighted by Gasteiger charge is 2.46. The molecule has 0 radical (unpaired) electrons.